The summed E-state index contributed by atoms with van der Waals surface area (Å²) in [4.78, 5) is 9.81. The quantitative estimate of drug-likeness (QED) is 0.587. The minimum Gasteiger partial charge on any atom is -0.464 e. The molecule has 0 amide bonds. The number of carbonyl (C=O) groups excluding carboxylic acids is 1. The summed E-state index contributed by atoms with van der Waals surface area (Å²) in [5, 5.41) is 7.57. The van der Waals surface area contributed by atoms with Crippen LogP contribution in [0.15, 0.2) is 0 Å². The number of carbonyl (C=O) groups is 1. The smallest absolute Gasteiger partial charge is 0.337 e. The molecule has 0 spiro atoms. The van der Waals surface area contributed by atoms with Crippen LogP contribution in [0.5, 0.6) is 0 Å². The van der Waals surface area contributed by atoms with Gasteiger partial charge in [0.15, 0.2) is 6.67 Å². The molecule has 0 unspecified atom stereocenters. The van der Waals surface area contributed by atoms with Crippen molar-refractivity contribution in [1.29, 1.82) is 0 Å². The molecule has 3 nitrogen and oxygen atoms in total. The standard InChI is InChI=1S/C4H7FO2.C2H6O/c1-2-7-4(6)3-5;1-2-3/h2-3H2,1H3;3H,2H2,1H3. The van der Waals surface area contributed by atoms with Gasteiger partial charge in [0.1, 0.15) is 0 Å². The fourth-order valence-electron chi connectivity index (χ4n) is 0.200. The Hall–Kier alpha value is -0.640. The van der Waals surface area contributed by atoms with Crippen LogP contribution in [-0.2, 0) is 9.53 Å². The summed E-state index contributed by atoms with van der Waals surface area (Å²) < 4.78 is 15.3. The second-order valence-corrected chi connectivity index (χ2v) is 1.25. The number of aliphatic hydroxyl groups is 1. The largest absolute Gasteiger partial charge is 0.464 e. The third kappa shape index (κ3) is 15.7. The summed E-state index contributed by atoms with van der Waals surface area (Å²) in [6.45, 7) is 2.80. The molecule has 0 atom stereocenters. The van der Waals surface area contributed by atoms with Crippen molar-refractivity contribution in [2.45, 2.75) is 13.8 Å². The van der Waals surface area contributed by atoms with Crippen molar-refractivity contribution < 1.29 is 19.0 Å². The lowest BCUT2D eigenvalue weighted by Gasteiger charge is -1.92. The van der Waals surface area contributed by atoms with Crippen LogP contribution in [0.2, 0.25) is 0 Å². The van der Waals surface area contributed by atoms with E-state index in [0.717, 1.165) is 0 Å². The molecule has 0 radical (unpaired) electrons. The molecule has 0 aliphatic heterocycles. The van der Waals surface area contributed by atoms with Crippen LogP contribution in [0.25, 0.3) is 0 Å². The summed E-state index contributed by atoms with van der Waals surface area (Å²) in [5.41, 5.74) is 0. The highest BCUT2D eigenvalue weighted by Gasteiger charge is 1.94. The number of esters is 1. The van der Waals surface area contributed by atoms with E-state index >= 15 is 0 Å². The number of alkyl halides is 1. The van der Waals surface area contributed by atoms with Crippen molar-refractivity contribution in [3.05, 3.63) is 0 Å². The first-order valence-electron chi connectivity index (χ1n) is 3.05. The highest BCUT2D eigenvalue weighted by molar-refractivity contribution is 5.70. The molecule has 0 saturated heterocycles. The zero-order valence-electron chi connectivity index (χ0n) is 6.26. The van der Waals surface area contributed by atoms with Crippen molar-refractivity contribution in [3.63, 3.8) is 0 Å². The molecule has 0 aliphatic carbocycles. The van der Waals surface area contributed by atoms with E-state index in [1.807, 2.05) is 0 Å². The average molecular weight is 152 g/mol. The second-order valence-electron chi connectivity index (χ2n) is 1.25. The average Bonchev–Trinajstić information content (AvgIpc) is 1.90. The Bertz CT molecular complexity index is 75.4. The number of hydrogen-bond acceptors (Lipinski definition) is 3. The topological polar surface area (TPSA) is 46.5 Å². The van der Waals surface area contributed by atoms with Gasteiger partial charge in [0, 0.05) is 6.61 Å². The van der Waals surface area contributed by atoms with Crippen LogP contribution in [0.3, 0.4) is 0 Å². The molecule has 0 aliphatic rings. The van der Waals surface area contributed by atoms with Gasteiger partial charge >= 0.3 is 5.97 Å². The van der Waals surface area contributed by atoms with Crippen LogP contribution < -0.4 is 0 Å². The Labute approximate surface area is 59.8 Å². The molecule has 0 rings (SSSR count). The van der Waals surface area contributed by atoms with Gasteiger partial charge in [0.25, 0.3) is 0 Å². The lowest BCUT2D eigenvalue weighted by molar-refractivity contribution is -0.144. The number of hydrogen-bond donors (Lipinski definition) is 1. The maximum Gasteiger partial charge on any atom is 0.337 e. The van der Waals surface area contributed by atoms with Crippen LogP contribution in [0.4, 0.5) is 4.39 Å². The van der Waals surface area contributed by atoms with Crippen molar-refractivity contribution in [3.8, 4) is 0 Å². The fraction of sp³-hybridized carbons (Fsp3) is 0.833. The predicted molar refractivity (Wildman–Crippen MR) is 35.4 cm³/mol. The zero-order chi connectivity index (χ0) is 8.41. The highest BCUT2D eigenvalue weighted by atomic mass is 19.1. The molecule has 4 heteroatoms. The van der Waals surface area contributed by atoms with Gasteiger partial charge in [-0.3, -0.25) is 0 Å². The minimum absolute atomic E-state index is 0.250. The molecule has 0 aromatic carbocycles. The summed E-state index contributed by atoms with van der Waals surface area (Å²) in [6, 6.07) is 0. The first-order chi connectivity index (χ1) is 4.72. The number of halogens is 1. The molecule has 0 saturated carbocycles. The van der Waals surface area contributed by atoms with Gasteiger partial charge in [0.05, 0.1) is 6.61 Å². The number of rotatable bonds is 2. The number of aliphatic hydroxyl groups excluding tert-OH is 1. The van der Waals surface area contributed by atoms with Crippen LogP contribution >= 0.6 is 0 Å². The van der Waals surface area contributed by atoms with E-state index in [-0.39, 0.29) is 13.2 Å². The van der Waals surface area contributed by atoms with Gasteiger partial charge in [-0.15, -0.1) is 0 Å². The molecule has 0 bridgehead atoms. The minimum atomic E-state index is -1.02. The fourth-order valence-corrected chi connectivity index (χ4v) is 0.200. The van der Waals surface area contributed by atoms with Crippen molar-refractivity contribution in [1.82, 2.24) is 0 Å². The predicted octanol–water partition coefficient (Wildman–Crippen LogP) is 0.518. The van der Waals surface area contributed by atoms with E-state index in [0.29, 0.717) is 0 Å². The van der Waals surface area contributed by atoms with Gasteiger partial charge in [-0.25, -0.2) is 9.18 Å². The lowest BCUT2D eigenvalue weighted by Crippen LogP contribution is -2.04. The van der Waals surface area contributed by atoms with Crippen LogP contribution in [0, 0.1) is 0 Å². The third-order valence-electron chi connectivity index (χ3n) is 0.414. The Kier molecular flexibility index (Phi) is 13.5. The molecule has 10 heavy (non-hydrogen) atoms. The summed E-state index contributed by atoms with van der Waals surface area (Å²) in [5.74, 6) is -0.789. The Morgan fingerprint density at radius 1 is 1.60 bits per heavy atom. The SMILES string of the molecule is CCO.CCOC(=O)CF. The lowest BCUT2D eigenvalue weighted by atomic mass is 10.7. The van der Waals surface area contributed by atoms with E-state index < -0.39 is 12.6 Å². The van der Waals surface area contributed by atoms with Gasteiger partial charge in [-0.1, -0.05) is 0 Å². The molecule has 0 heterocycles. The van der Waals surface area contributed by atoms with Crippen LogP contribution in [0.1, 0.15) is 13.8 Å². The second kappa shape index (κ2) is 11.2. The van der Waals surface area contributed by atoms with Crippen molar-refractivity contribution in [2.75, 3.05) is 19.9 Å². The molecular weight excluding hydrogens is 139 g/mol. The monoisotopic (exact) mass is 152 g/mol. The highest BCUT2D eigenvalue weighted by Crippen LogP contribution is 1.75. The third-order valence-corrected chi connectivity index (χ3v) is 0.414. The van der Waals surface area contributed by atoms with E-state index in [2.05, 4.69) is 4.74 Å². The Morgan fingerprint density at radius 3 is 2.10 bits per heavy atom. The van der Waals surface area contributed by atoms with E-state index in [1.165, 1.54) is 0 Å². The van der Waals surface area contributed by atoms with E-state index in [4.69, 9.17) is 5.11 Å². The van der Waals surface area contributed by atoms with E-state index in [9.17, 15) is 9.18 Å². The first kappa shape index (κ1) is 12.1. The molecule has 62 valence electrons. The van der Waals surface area contributed by atoms with E-state index in [1.54, 1.807) is 13.8 Å². The molecule has 0 aromatic heterocycles. The molecule has 1 N–H and O–H groups in total. The van der Waals surface area contributed by atoms with Gasteiger partial charge in [0.2, 0.25) is 0 Å². The summed E-state index contributed by atoms with van der Waals surface area (Å²) in [7, 11) is 0. The maximum atomic E-state index is 11.1. The van der Waals surface area contributed by atoms with Crippen molar-refractivity contribution >= 4 is 5.97 Å². The maximum absolute atomic E-state index is 11.1. The van der Waals surface area contributed by atoms with Gasteiger partial charge < -0.3 is 9.84 Å². The van der Waals surface area contributed by atoms with Gasteiger partial charge in [-0.2, -0.15) is 0 Å². The molecule has 0 aromatic rings. The zero-order valence-corrected chi connectivity index (χ0v) is 6.26. The van der Waals surface area contributed by atoms with Crippen molar-refractivity contribution in [2.24, 2.45) is 0 Å². The summed E-state index contributed by atoms with van der Waals surface area (Å²) in [6.07, 6.45) is 0. The van der Waals surface area contributed by atoms with Crippen LogP contribution in [-0.4, -0.2) is 31.0 Å². The molecular formula is C6H13FO3. The normalized spacial score (nSPS) is 7.60. The Balaban J connectivity index is 0. The summed E-state index contributed by atoms with van der Waals surface area (Å²) >= 11 is 0. The Morgan fingerprint density at radius 2 is 2.00 bits per heavy atom. The first-order valence-corrected chi connectivity index (χ1v) is 3.05. The molecule has 0 fully saturated rings. The number of ether oxygens (including phenoxy) is 1. The van der Waals surface area contributed by atoms with Gasteiger partial charge in [-0.05, 0) is 13.8 Å².